The van der Waals surface area contributed by atoms with Gasteiger partial charge in [0.15, 0.2) is 0 Å². The summed E-state index contributed by atoms with van der Waals surface area (Å²) in [5.74, 6) is 0. The Morgan fingerprint density at radius 2 is 2.05 bits per heavy atom. The highest BCUT2D eigenvalue weighted by Gasteiger charge is 2.30. The Hall–Kier alpha value is -1.13. The van der Waals surface area contributed by atoms with Gasteiger partial charge in [-0.1, -0.05) is 11.6 Å². The number of nitriles is 1. The van der Waals surface area contributed by atoms with Crippen LogP contribution in [0.4, 0.5) is 0 Å². The van der Waals surface area contributed by atoms with E-state index < -0.39 is 10.0 Å². The van der Waals surface area contributed by atoms with Gasteiger partial charge >= 0.3 is 0 Å². The van der Waals surface area contributed by atoms with Gasteiger partial charge in [0, 0.05) is 20.2 Å². The standard InChI is InChI=1S/C13H15ClN2O3S/c1-19-11-4-6-16(7-5-11)20(17,18)13-3-2-10(9-15)8-12(13)14/h2-3,8,11H,4-7H2,1H3. The SMILES string of the molecule is COC1CCN(S(=O)(=O)c2ccc(C#N)cc2Cl)CC1. The van der Waals surface area contributed by atoms with Crippen LogP contribution in [0.2, 0.25) is 5.02 Å². The van der Waals surface area contributed by atoms with Crippen LogP contribution < -0.4 is 0 Å². The van der Waals surface area contributed by atoms with Gasteiger partial charge in [-0.3, -0.25) is 0 Å². The number of methoxy groups -OCH3 is 1. The Balaban J connectivity index is 2.25. The van der Waals surface area contributed by atoms with Crippen molar-refractivity contribution in [2.75, 3.05) is 20.2 Å². The van der Waals surface area contributed by atoms with E-state index in [0.717, 1.165) is 0 Å². The van der Waals surface area contributed by atoms with Crippen molar-refractivity contribution in [3.8, 4) is 6.07 Å². The average molecular weight is 315 g/mol. The smallest absolute Gasteiger partial charge is 0.244 e. The lowest BCUT2D eigenvalue weighted by Crippen LogP contribution is -2.40. The van der Waals surface area contributed by atoms with Crippen LogP contribution >= 0.6 is 11.6 Å². The molecule has 0 aliphatic carbocycles. The topological polar surface area (TPSA) is 70.4 Å². The summed E-state index contributed by atoms with van der Waals surface area (Å²) in [5, 5.41) is 8.86. The Morgan fingerprint density at radius 1 is 1.40 bits per heavy atom. The van der Waals surface area contributed by atoms with E-state index in [1.54, 1.807) is 7.11 Å². The van der Waals surface area contributed by atoms with E-state index in [0.29, 0.717) is 31.5 Å². The Bertz CT molecular complexity index is 632. The molecule has 0 spiro atoms. The molecular weight excluding hydrogens is 300 g/mol. The number of piperidine rings is 1. The number of benzene rings is 1. The third kappa shape index (κ3) is 2.96. The van der Waals surface area contributed by atoms with Crippen molar-refractivity contribution < 1.29 is 13.2 Å². The summed E-state index contributed by atoms with van der Waals surface area (Å²) in [6, 6.07) is 6.15. The zero-order chi connectivity index (χ0) is 14.8. The number of nitrogens with zero attached hydrogens (tertiary/aromatic N) is 2. The minimum Gasteiger partial charge on any atom is -0.381 e. The van der Waals surface area contributed by atoms with E-state index in [2.05, 4.69) is 0 Å². The Kier molecular flexibility index (Phi) is 4.66. The highest BCUT2D eigenvalue weighted by atomic mass is 35.5. The second-order valence-electron chi connectivity index (χ2n) is 4.60. The molecule has 108 valence electrons. The minimum atomic E-state index is -3.61. The van der Waals surface area contributed by atoms with Crippen LogP contribution in [-0.4, -0.2) is 39.0 Å². The van der Waals surface area contributed by atoms with Crippen LogP contribution in [-0.2, 0) is 14.8 Å². The highest BCUT2D eigenvalue weighted by Crippen LogP contribution is 2.28. The van der Waals surface area contributed by atoms with E-state index in [-0.39, 0.29) is 16.0 Å². The zero-order valence-corrected chi connectivity index (χ0v) is 12.6. The maximum Gasteiger partial charge on any atom is 0.244 e. The lowest BCUT2D eigenvalue weighted by molar-refractivity contribution is 0.0604. The van der Waals surface area contributed by atoms with Crippen molar-refractivity contribution >= 4 is 21.6 Å². The second-order valence-corrected chi connectivity index (χ2v) is 6.91. The molecule has 0 aromatic heterocycles. The first kappa shape index (κ1) is 15.3. The van der Waals surface area contributed by atoms with E-state index in [1.165, 1.54) is 22.5 Å². The van der Waals surface area contributed by atoms with Gasteiger partial charge in [-0.25, -0.2) is 8.42 Å². The Labute approximate surface area is 123 Å². The first-order valence-corrected chi connectivity index (χ1v) is 8.03. The third-order valence-electron chi connectivity index (χ3n) is 3.41. The summed E-state index contributed by atoms with van der Waals surface area (Å²) in [7, 11) is -1.98. The molecule has 5 nitrogen and oxygen atoms in total. The van der Waals surface area contributed by atoms with Crippen LogP contribution in [0.1, 0.15) is 18.4 Å². The van der Waals surface area contributed by atoms with Crippen LogP contribution in [0, 0.1) is 11.3 Å². The molecule has 0 N–H and O–H groups in total. The van der Waals surface area contributed by atoms with Crippen LogP contribution in [0.25, 0.3) is 0 Å². The molecule has 2 rings (SSSR count). The van der Waals surface area contributed by atoms with Crippen molar-refractivity contribution in [1.82, 2.24) is 4.31 Å². The van der Waals surface area contributed by atoms with Crippen LogP contribution in [0.3, 0.4) is 0 Å². The fourth-order valence-electron chi connectivity index (χ4n) is 2.23. The fraction of sp³-hybridized carbons (Fsp3) is 0.462. The molecule has 0 radical (unpaired) electrons. The highest BCUT2D eigenvalue weighted by molar-refractivity contribution is 7.89. The van der Waals surface area contributed by atoms with E-state index in [1.807, 2.05) is 6.07 Å². The molecule has 20 heavy (non-hydrogen) atoms. The number of ether oxygens (including phenoxy) is 1. The lowest BCUT2D eigenvalue weighted by Gasteiger charge is -2.30. The van der Waals surface area contributed by atoms with Gasteiger partial charge in [0.1, 0.15) is 4.90 Å². The summed E-state index contributed by atoms with van der Waals surface area (Å²) < 4.78 is 31.7. The van der Waals surface area contributed by atoms with Crippen molar-refractivity contribution in [2.45, 2.75) is 23.8 Å². The van der Waals surface area contributed by atoms with Gasteiger partial charge in [-0.05, 0) is 31.0 Å². The van der Waals surface area contributed by atoms with Crippen LogP contribution in [0.5, 0.6) is 0 Å². The van der Waals surface area contributed by atoms with E-state index >= 15 is 0 Å². The first-order chi connectivity index (χ1) is 9.48. The summed E-state index contributed by atoms with van der Waals surface area (Å²) >= 11 is 5.99. The molecule has 0 unspecified atom stereocenters. The maximum atomic E-state index is 12.5. The van der Waals surface area contributed by atoms with Crippen molar-refractivity contribution in [1.29, 1.82) is 5.26 Å². The van der Waals surface area contributed by atoms with Gasteiger partial charge in [0.05, 0.1) is 22.8 Å². The fourth-order valence-corrected chi connectivity index (χ4v) is 4.21. The second kappa shape index (κ2) is 6.10. The molecule has 1 aromatic rings. The minimum absolute atomic E-state index is 0.0500. The molecule has 1 aromatic carbocycles. The predicted molar refractivity (Wildman–Crippen MR) is 75.0 cm³/mol. The van der Waals surface area contributed by atoms with Gasteiger partial charge in [0.25, 0.3) is 0 Å². The normalized spacial score (nSPS) is 17.9. The van der Waals surface area contributed by atoms with Crippen molar-refractivity contribution in [3.05, 3.63) is 28.8 Å². The Morgan fingerprint density at radius 3 is 2.55 bits per heavy atom. The van der Waals surface area contributed by atoms with E-state index in [9.17, 15) is 8.42 Å². The number of sulfonamides is 1. The monoisotopic (exact) mass is 314 g/mol. The van der Waals surface area contributed by atoms with Gasteiger partial charge in [0.2, 0.25) is 10.0 Å². The molecule has 1 heterocycles. The summed E-state index contributed by atoms with van der Waals surface area (Å²) in [4.78, 5) is 0.0500. The largest absolute Gasteiger partial charge is 0.381 e. The quantitative estimate of drug-likeness (QED) is 0.855. The van der Waals surface area contributed by atoms with Crippen molar-refractivity contribution in [3.63, 3.8) is 0 Å². The van der Waals surface area contributed by atoms with Gasteiger partial charge in [-0.15, -0.1) is 0 Å². The maximum absolute atomic E-state index is 12.5. The molecule has 0 amide bonds. The number of hydrogen-bond donors (Lipinski definition) is 0. The molecule has 7 heteroatoms. The molecule has 1 aliphatic rings. The number of rotatable bonds is 3. The molecular formula is C13H15ClN2O3S. The van der Waals surface area contributed by atoms with Gasteiger partial charge < -0.3 is 4.74 Å². The third-order valence-corrected chi connectivity index (χ3v) is 5.79. The predicted octanol–water partition coefficient (Wildman–Crippen LogP) is 2.01. The molecule has 1 aliphatic heterocycles. The average Bonchev–Trinajstić information content (AvgIpc) is 2.46. The molecule has 1 fully saturated rings. The number of hydrogen-bond acceptors (Lipinski definition) is 4. The molecule has 0 bridgehead atoms. The zero-order valence-electron chi connectivity index (χ0n) is 11.0. The summed E-state index contributed by atoms with van der Waals surface area (Å²) in [6.45, 7) is 0.828. The van der Waals surface area contributed by atoms with Crippen molar-refractivity contribution in [2.24, 2.45) is 0 Å². The molecule has 0 saturated carbocycles. The summed E-state index contributed by atoms with van der Waals surface area (Å²) in [6.07, 6.45) is 1.45. The summed E-state index contributed by atoms with van der Waals surface area (Å²) in [5.41, 5.74) is 0.340. The van der Waals surface area contributed by atoms with Crippen LogP contribution in [0.15, 0.2) is 23.1 Å². The van der Waals surface area contributed by atoms with E-state index in [4.69, 9.17) is 21.6 Å². The van der Waals surface area contributed by atoms with Gasteiger partial charge in [-0.2, -0.15) is 9.57 Å². The lowest BCUT2D eigenvalue weighted by atomic mass is 10.1. The first-order valence-electron chi connectivity index (χ1n) is 6.21. The number of halogens is 1. The molecule has 1 saturated heterocycles. The molecule has 0 atom stereocenters.